The summed E-state index contributed by atoms with van der Waals surface area (Å²) in [5, 5.41) is 3.18. The average Bonchev–Trinajstić information content (AvgIpc) is 2.44. The molecule has 4 heteroatoms. The highest BCUT2D eigenvalue weighted by molar-refractivity contribution is 5.31. The standard InChI is InChI=1S/C17H25F2NO/c1-12(2)10-20-11-13-8-15(18)17(16(19)9-13)21-14-6-4-3-5-7-14/h8-9,12,14,20H,3-7,10-11H2,1-2H3. The van der Waals surface area contributed by atoms with Gasteiger partial charge < -0.3 is 10.1 Å². The fraction of sp³-hybridized carbons (Fsp3) is 0.647. The Labute approximate surface area is 125 Å². The Kier molecular flexibility index (Phi) is 5.97. The predicted octanol–water partition coefficient (Wildman–Crippen LogP) is 4.42. The molecule has 1 aliphatic carbocycles. The summed E-state index contributed by atoms with van der Waals surface area (Å²) in [6, 6.07) is 2.74. The average molecular weight is 297 g/mol. The van der Waals surface area contributed by atoms with Crippen molar-refractivity contribution in [3.05, 3.63) is 29.3 Å². The van der Waals surface area contributed by atoms with Crippen molar-refractivity contribution in [1.82, 2.24) is 5.32 Å². The molecule has 1 aromatic rings. The molecule has 0 atom stereocenters. The van der Waals surface area contributed by atoms with Gasteiger partial charge in [0.05, 0.1) is 6.10 Å². The molecule has 0 radical (unpaired) electrons. The van der Waals surface area contributed by atoms with E-state index in [4.69, 9.17) is 4.74 Å². The minimum absolute atomic E-state index is 0.0485. The van der Waals surface area contributed by atoms with Crippen LogP contribution >= 0.6 is 0 Å². The Morgan fingerprint density at radius 1 is 1.14 bits per heavy atom. The Balaban J connectivity index is 1.99. The minimum Gasteiger partial charge on any atom is -0.484 e. The van der Waals surface area contributed by atoms with Crippen LogP contribution in [0.4, 0.5) is 8.78 Å². The van der Waals surface area contributed by atoms with Gasteiger partial charge in [-0.25, -0.2) is 8.78 Å². The van der Waals surface area contributed by atoms with Crippen molar-refractivity contribution < 1.29 is 13.5 Å². The second-order valence-corrected chi connectivity index (χ2v) is 6.29. The lowest BCUT2D eigenvalue weighted by Gasteiger charge is -2.23. The highest BCUT2D eigenvalue weighted by Gasteiger charge is 2.20. The van der Waals surface area contributed by atoms with Crippen LogP contribution in [0, 0.1) is 17.6 Å². The molecule has 0 bridgehead atoms. The van der Waals surface area contributed by atoms with Gasteiger partial charge in [-0.1, -0.05) is 20.3 Å². The number of hydrogen-bond acceptors (Lipinski definition) is 2. The molecule has 1 saturated carbocycles. The molecule has 21 heavy (non-hydrogen) atoms. The van der Waals surface area contributed by atoms with Crippen LogP contribution in [0.25, 0.3) is 0 Å². The molecule has 0 aromatic heterocycles. The maximum Gasteiger partial charge on any atom is 0.191 e. The maximum atomic E-state index is 14.1. The molecule has 1 fully saturated rings. The van der Waals surface area contributed by atoms with Crippen molar-refractivity contribution >= 4 is 0 Å². The van der Waals surface area contributed by atoms with E-state index >= 15 is 0 Å². The highest BCUT2D eigenvalue weighted by Crippen LogP contribution is 2.28. The van der Waals surface area contributed by atoms with Gasteiger partial charge in [0.1, 0.15) is 0 Å². The van der Waals surface area contributed by atoms with E-state index in [-0.39, 0.29) is 11.9 Å². The second kappa shape index (κ2) is 7.74. The van der Waals surface area contributed by atoms with Gasteiger partial charge in [0.25, 0.3) is 0 Å². The topological polar surface area (TPSA) is 21.3 Å². The summed E-state index contributed by atoms with van der Waals surface area (Å²) < 4.78 is 33.7. The Morgan fingerprint density at radius 2 is 1.76 bits per heavy atom. The second-order valence-electron chi connectivity index (χ2n) is 6.29. The van der Waals surface area contributed by atoms with Gasteiger partial charge in [0.2, 0.25) is 0 Å². The van der Waals surface area contributed by atoms with Gasteiger partial charge in [0.15, 0.2) is 17.4 Å². The van der Waals surface area contributed by atoms with Crippen LogP contribution in [0.3, 0.4) is 0 Å². The van der Waals surface area contributed by atoms with Gasteiger partial charge in [-0.2, -0.15) is 0 Å². The maximum absolute atomic E-state index is 14.1. The summed E-state index contributed by atoms with van der Waals surface area (Å²) in [6.45, 7) is 5.48. The smallest absolute Gasteiger partial charge is 0.191 e. The summed E-state index contributed by atoms with van der Waals surface area (Å²) in [4.78, 5) is 0. The number of ether oxygens (including phenoxy) is 1. The molecular formula is C17H25F2NO. The molecule has 0 amide bonds. The third-order valence-corrected chi connectivity index (χ3v) is 3.78. The zero-order valence-electron chi connectivity index (χ0n) is 12.9. The number of nitrogens with one attached hydrogen (secondary N) is 1. The first-order valence-electron chi connectivity index (χ1n) is 7.91. The van der Waals surface area contributed by atoms with Crippen LogP contribution < -0.4 is 10.1 Å². The minimum atomic E-state index is -0.595. The molecule has 1 aliphatic rings. The summed E-state index contributed by atoms with van der Waals surface area (Å²) in [5.74, 6) is -0.896. The van der Waals surface area contributed by atoms with Gasteiger partial charge in [-0.05, 0) is 55.8 Å². The van der Waals surface area contributed by atoms with E-state index in [0.29, 0.717) is 18.0 Å². The van der Waals surface area contributed by atoms with Gasteiger partial charge in [-0.15, -0.1) is 0 Å². The summed E-state index contributed by atoms with van der Waals surface area (Å²) in [5.41, 5.74) is 0.613. The Hall–Kier alpha value is -1.16. The molecule has 0 unspecified atom stereocenters. The molecule has 118 valence electrons. The van der Waals surface area contributed by atoms with Crippen LogP contribution in [0.2, 0.25) is 0 Å². The SMILES string of the molecule is CC(C)CNCc1cc(F)c(OC2CCCCC2)c(F)c1. The summed E-state index contributed by atoms with van der Waals surface area (Å²) in [6.07, 6.45) is 5.06. The van der Waals surface area contributed by atoms with Gasteiger partial charge >= 0.3 is 0 Å². The van der Waals surface area contributed by atoms with Crippen LogP contribution in [-0.4, -0.2) is 12.6 Å². The van der Waals surface area contributed by atoms with E-state index in [0.717, 1.165) is 32.2 Å². The molecular weight excluding hydrogens is 272 g/mol. The lowest BCUT2D eigenvalue weighted by molar-refractivity contribution is 0.142. The van der Waals surface area contributed by atoms with Gasteiger partial charge in [0, 0.05) is 6.54 Å². The highest BCUT2D eigenvalue weighted by atomic mass is 19.1. The van der Waals surface area contributed by atoms with Crippen LogP contribution in [-0.2, 0) is 6.54 Å². The van der Waals surface area contributed by atoms with Crippen molar-refractivity contribution in [2.24, 2.45) is 5.92 Å². The molecule has 0 saturated heterocycles. The third kappa shape index (κ3) is 4.95. The van der Waals surface area contributed by atoms with Gasteiger partial charge in [-0.3, -0.25) is 0 Å². The van der Waals surface area contributed by atoms with Crippen molar-refractivity contribution in [1.29, 1.82) is 0 Å². The van der Waals surface area contributed by atoms with E-state index in [1.54, 1.807) is 0 Å². The molecule has 0 spiro atoms. The molecule has 0 heterocycles. The Morgan fingerprint density at radius 3 is 2.33 bits per heavy atom. The van der Waals surface area contributed by atoms with Crippen molar-refractivity contribution in [2.75, 3.05) is 6.54 Å². The number of benzene rings is 1. The molecule has 2 rings (SSSR count). The predicted molar refractivity (Wildman–Crippen MR) is 80.4 cm³/mol. The van der Waals surface area contributed by atoms with Crippen LogP contribution in [0.15, 0.2) is 12.1 Å². The van der Waals surface area contributed by atoms with Crippen LogP contribution in [0.5, 0.6) is 5.75 Å². The fourth-order valence-electron chi connectivity index (χ4n) is 2.68. The summed E-state index contributed by atoms with van der Waals surface area (Å²) >= 11 is 0. The molecule has 1 aromatic carbocycles. The lowest BCUT2D eigenvalue weighted by Crippen LogP contribution is -2.21. The number of rotatable bonds is 6. The monoisotopic (exact) mass is 297 g/mol. The van der Waals surface area contributed by atoms with Crippen molar-refractivity contribution in [3.8, 4) is 5.75 Å². The number of hydrogen-bond donors (Lipinski definition) is 1. The third-order valence-electron chi connectivity index (χ3n) is 3.78. The van der Waals surface area contributed by atoms with Crippen LogP contribution in [0.1, 0.15) is 51.5 Å². The molecule has 2 nitrogen and oxygen atoms in total. The van der Waals surface area contributed by atoms with E-state index < -0.39 is 11.6 Å². The first kappa shape index (κ1) is 16.2. The summed E-state index contributed by atoms with van der Waals surface area (Å²) in [7, 11) is 0. The van der Waals surface area contributed by atoms with E-state index in [2.05, 4.69) is 19.2 Å². The van der Waals surface area contributed by atoms with Crippen molar-refractivity contribution in [2.45, 2.75) is 58.6 Å². The van der Waals surface area contributed by atoms with E-state index in [1.165, 1.54) is 18.6 Å². The molecule has 0 aliphatic heterocycles. The zero-order chi connectivity index (χ0) is 15.2. The quantitative estimate of drug-likeness (QED) is 0.839. The molecule has 1 N–H and O–H groups in total. The first-order valence-corrected chi connectivity index (χ1v) is 7.91. The first-order chi connectivity index (χ1) is 10.1. The fourth-order valence-corrected chi connectivity index (χ4v) is 2.68. The lowest BCUT2D eigenvalue weighted by atomic mass is 9.98. The number of halogens is 2. The van der Waals surface area contributed by atoms with Crippen molar-refractivity contribution in [3.63, 3.8) is 0 Å². The normalized spacial score (nSPS) is 16.4. The van der Waals surface area contributed by atoms with E-state index in [1.807, 2.05) is 0 Å². The Bertz CT molecular complexity index is 433. The zero-order valence-corrected chi connectivity index (χ0v) is 12.9. The van der Waals surface area contributed by atoms with E-state index in [9.17, 15) is 8.78 Å². The largest absolute Gasteiger partial charge is 0.484 e.